The van der Waals surface area contributed by atoms with Crippen molar-refractivity contribution in [1.29, 1.82) is 0 Å². The molecule has 2 rings (SSSR count). The van der Waals surface area contributed by atoms with E-state index in [0.29, 0.717) is 10.7 Å². The number of ether oxygens (including phenoxy) is 1. The van der Waals surface area contributed by atoms with Crippen molar-refractivity contribution in [3.8, 4) is 0 Å². The molecule has 0 spiro atoms. The van der Waals surface area contributed by atoms with Crippen molar-refractivity contribution in [2.24, 2.45) is 7.05 Å². The Morgan fingerprint density at radius 1 is 1.26 bits per heavy atom. The van der Waals surface area contributed by atoms with Gasteiger partial charge in [-0.3, -0.25) is 9.59 Å². The van der Waals surface area contributed by atoms with Crippen LogP contribution in [0.5, 0.6) is 0 Å². The Balaban J connectivity index is 1.96. The number of carbonyl (C=O) groups excluding carboxylic acids is 2. The van der Waals surface area contributed by atoms with Gasteiger partial charge in [0.2, 0.25) is 0 Å². The minimum Gasteiger partial charge on any atom is -0.452 e. The first kappa shape index (κ1) is 17.1. The van der Waals surface area contributed by atoms with Gasteiger partial charge in [-0.25, -0.2) is 4.79 Å². The molecule has 2 aromatic rings. The fraction of sp³-hybridized carbons (Fsp3) is 0.133. The fourth-order valence-corrected chi connectivity index (χ4v) is 2.02. The molecule has 0 saturated carbocycles. The van der Waals surface area contributed by atoms with Crippen LogP contribution in [-0.2, 0) is 16.6 Å². The number of hydrogen-bond donors (Lipinski definition) is 1. The van der Waals surface area contributed by atoms with Gasteiger partial charge in [0.1, 0.15) is 0 Å². The molecule has 0 unspecified atom stereocenters. The maximum absolute atomic E-state index is 11.8. The van der Waals surface area contributed by atoms with E-state index in [0.717, 1.165) is 6.07 Å². The summed E-state index contributed by atoms with van der Waals surface area (Å²) in [6, 6.07) is 7.32. The van der Waals surface area contributed by atoms with Gasteiger partial charge in [-0.1, -0.05) is 29.3 Å². The van der Waals surface area contributed by atoms with Crippen molar-refractivity contribution < 1.29 is 14.3 Å². The molecule has 0 aliphatic heterocycles. The smallest absolute Gasteiger partial charge is 0.338 e. The third-order valence-corrected chi connectivity index (χ3v) is 3.72. The molecule has 0 aliphatic carbocycles. The van der Waals surface area contributed by atoms with Gasteiger partial charge in [0, 0.05) is 19.3 Å². The molecule has 0 fully saturated rings. The molecule has 0 aliphatic rings. The molecule has 1 aromatic heterocycles. The Kier molecular flexibility index (Phi) is 5.41. The zero-order valence-electron chi connectivity index (χ0n) is 12.0. The van der Waals surface area contributed by atoms with Gasteiger partial charge >= 0.3 is 5.97 Å². The normalized spacial score (nSPS) is 10.2. The standard InChI is InChI=1S/C15H12Cl2N2O4/c1-19-6-5-9(7-13(19)21)15(22)23-8-12(20)18-11-4-2-3-10(16)14(11)17/h2-7H,8H2,1H3,(H,18,20). The maximum atomic E-state index is 11.8. The van der Waals surface area contributed by atoms with Crippen LogP contribution in [0.4, 0.5) is 5.69 Å². The van der Waals surface area contributed by atoms with Crippen molar-refractivity contribution in [2.75, 3.05) is 11.9 Å². The molecule has 120 valence electrons. The summed E-state index contributed by atoms with van der Waals surface area (Å²) in [6.45, 7) is -0.517. The number of halogens is 2. The first-order valence-corrected chi connectivity index (χ1v) is 7.22. The van der Waals surface area contributed by atoms with Gasteiger partial charge in [-0.2, -0.15) is 0 Å². The number of hydrogen-bond acceptors (Lipinski definition) is 4. The van der Waals surface area contributed by atoms with E-state index in [2.05, 4.69) is 5.32 Å². The second-order valence-electron chi connectivity index (χ2n) is 4.59. The van der Waals surface area contributed by atoms with E-state index in [9.17, 15) is 14.4 Å². The highest BCUT2D eigenvalue weighted by atomic mass is 35.5. The van der Waals surface area contributed by atoms with E-state index in [4.69, 9.17) is 27.9 Å². The lowest BCUT2D eigenvalue weighted by molar-refractivity contribution is -0.119. The number of anilines is 1. The Morgan fingerprint density at radius 3 is 2.70 bits per heavy atom. The van der Waals surface area contributed by atoms with Crippen LogP contribution in [0.2, 0.25) is 10.0 Å². The van der Waals surface area contributed by atoms with E-state index < -0.39 is 18.5 Å². The highest BCUT2D eigenvalue weighted by Gasteiger charge is 2.13. The summed E-state index contributed by atoms with van der Waals surface area (Å²) in [5.41, 5.74) is 0.0325. The predicted octanol–water partition coefficient (Wildman–Crippen LogP) is 2.49. The highest BCUT2D eigenvalue weighted by Crippen LogP contribution is 2.29. The Hall–Kier alpha value is -2.31. The SMILES string of the molecule is Cn1ccc(C(=O)OCC(=O)Nc2cccc(Cl)c2Cl)cc1=O. The van der Waals surface area contributed by atoms with Crippen molar-refractivity contribution in [1.82, 2.24) is 4.57 Å². The number of benzene rings is 1. The summed E-state index contributed by atoms with van der Waals surface area (Å²) in [6.07, 6.45) is 1.44. The fourth-order valence-electron chi connectivity index (χ4n) is 1.68. The van der Waals surface area contributed by atoms with Crippen molar-refractivity contribution in [3.63, 3.8) is 0 Å². The van der Waals surface area contributed by atoms with Crippen molar-refractivity contribution >= 4 is 40.8 Å². The summed E-state index contributed by atoms with van der Waals surface area (Å²) in [5, 5.41) is 2.97. The largest absolute Gasteiger partial charge is 0.452 e. The number of carbonyl (C=O) groups is 2. The Morgan fingerprint density at radius 2 is 2.00 bits per heavy atom. The first-order valence-electron chi connectivity index (χ1n) is 6.46. The zero-order chi connectivity index (χ0) is 17.0. The minimum atomic E-state index is -0.768. The van der Waals surface area contributed by atoms with E-state index in [-0.39, 0.29) is 16.1 Å². The molecule has 0 atom stereocenters. The van der Waals surface area contributed by atoms with Crippen molar-refractivity contribution in [2.45, 2.75) is 0 Å². The molecular formula is C15H12Cl2N2O4. The average molecular weight is 355 g/mol. The molecule has 1 aromatic carbocycles. The minimum absolute atomic E-state index is 0.0710. The monoisotopic (exact) mass is 354 g/mol. The maximum Gasteiger partial charge on any atom is 0.338 e. The van der Waals surface area contributed by atoms with Gasteiger partial charge in [-0.15, -0.1) is 0 Å². The van der Waals surface area contributed by atoms with Gasteiger partial charge in [0.05, 0.1) is 21.3 Å². The summed E-state index contributed by atoms with van der Waals surface area (Å²) < 4.78 is 6.16. The van der Waals surface area contributed by atoms with Gasteiger partial charge in [-0.05, 0) is 18.2 Å². The molecule has 0 saturated heterocycles. The third-order valence-electron chi connectivity index (χ3n) is 2.90. The molecule has 1 amide bonds. The molecule has 8 heteroatoms. The zero-order valence-corrected chi connectivity index (χ0v) is 13.5. The van der Waals surface area contributed by atoms with Crippen LogP contribution >= 0.6 is 23.2 Å². The van der Waals surface area contributed by atoms with E-state index >= 15 is 0 Å². The summed E-state index contributed by atoms with van der Waals surface area (Å²) in [7, 11) is 1.56. The van der Waals surface area contributed by atoms with E-state index in [1.165, 1.54) is 16.8 Å². The van der Waals surface area contributed by atoms with Crippen LogP contribution in [0.25, 0.3) is 0 Å². The van der Waals surface area contributed by atoms with E-state index in [1.807, 2.05) is 0 Å². The number of aryl methyl sites for hydroxylation is 1. The number of nitrogens with one attached hydrogen (secondary N) is 1. The second kappa shape index (κ2) is 7.30. The van der Waals surface area contributed by atoms with Crippen molar-refractivity contribution in [3.05, 3.63) is 62.5 Å². The lowest BCUT2D eigenvalue weighted by Gasteiger charge is -2.09. The lowest BCUT2D eigenvalue weighted by Crippen LogP contribution is -2.22. The number of pyridine rings is 1. The number of amides is 1. The molecule has 6 nitrogen and oxygen atoms in total. The number of esters is 1. The topological polar surface area (TPSA) is 77.4 Å². The van der Waals surface area contributed by atoms with Crippen LogP contribution < -0.4 is 10.9 Å². The second-order valence-corrected chi connectivity index (χ2v) is 5.38. The molecule has 1 N–H and O–H groups in total. The van der Waals surface area contributed by atoms with Crippen LogP contribution in [0, 0.1) is 0 Å². The van der Waals surface area contributed by atoms with Gasteiger partial charge in [0.15, 0.2) is 6.61 Å². The van der Waals surface area contributed by atoms with Crippen LogP contribution in [-0.4, -0.2) is 23.1 Å². The summed E-state index contributed by atoms with van der Waals surface area (Å²) in [4.78, 5) is 35.0. The molecule has 1 heterocycles. The Bertz CT molecular complexity index is 817. The average Bonchev–Trinajstić information content (AvgIpc) is 2.52. The van der Waals surface area contributed by atoms with Gasteiger partial charge in [0.25, 0.3) is 11.5 Å². The number of aromatic nitrogens is 1. The number of rotatable bonds is 4. The summed E-state index contributed by atoms with van der Waals surface area (Å²) >= 11 is 11.8. The number of nitrogens with zero attached hydrogens (tertiary/aromatic N) is 1. The van der Waals surface area contributed by atoms with E-state index in [1.54, 1.807) is 25.2 Å². The van der Waals surface area contributed by atoms with Crippen LogP contribution in [0.1, 0.15) is 10.4 Å². The predicted molar refractivity (Wildman–Crippen MR) is 87.1 cm³/mol. The molecule has 0 radical (unpaired) electrons. The lowest BCUT2D eigenvalue weighted by atomic mass is 10.3. The first-order chi connectivity index (χ1) is 10.9. The van der Waals surface area contributed by atoms with Gasteiger partial charge < -0.3 is 14.6 Å². The summed E-state index contributed by atoms with van der Waals surface area (Å²) in [5.74, 6) is -1.35. The van der Waals surface area contributed by atoms with Crippen LogP contribution in [0.3, 0.4) is 0 Å². The molecule has 23 heavy (non-hydrogen) atoms. The Labute approximate surface area is 141 Å². The molecule has 0 bridgehead atoms. The quantitative estimate of drug-likeness (QED) is 0.855. The van der Waals surface area contributed by atoms with Crippen LogP contribution in [0.15, 0.2) is 41.3 Å². The molecular weight excluding hydrogens is 343 g/mol. The highest BCUT2D eigenvalue weighted by molar-refractivity contribution is 6.44. The third kappa shape index (κ3) is 4.34.